The lowest BCUT2D eigenvalue weighted by atomic mass is 9.33. The van der Waals surface area contributed by atoms with E-state index in [0.29, 0.717) is 19.3 Å². The Kier molecular flexibility index (Phi) is 5.77. The summed E-state index contributed by atoms with van der Waals surface area (Å²) < 4.78 is 0. The van der Waals surface area contributed by atoms with Crippen molar-refractivity contribution in [2.45, 2.75) is 111 Å². The van der Waals surface area contributed by atoms with Gasteiger partial charge in [-0.2, -0.15) is 0 Å². The zero-order valence-electron chi connectivity index (χ0n) is 23.0. The summed E-state index contributed by atoms with van der Waals surface area (Å²) >= 11 is 0. The van der Waals surface area contributed by atoms with E-state index in [4.69, 9.17) is 0 Å². The fourth-order valence-electron chi connectivity index (χ4n) is 11.0. The zero-order valence-corrected chi connectivity index (χ0v) is 23.0. The minimum absolute atomic E-state index is 0.0252. The lowest BCUT2D eigenvalue weighted by molar-refractivity contribution is -0.247. The molecule has 0 bridgehead atoms. The molecule has 6 nitrogen and oxygen atoms in total. The van der Waals surface area contributed by atoms with Gasteiger partial charge in [0, 0.05) is 11.3 Å². The third kappa shape index (κ3) is 2.91. The molecule has 0 radical (unpaired) electrons. The second kappa shape index (κ2) is 7.80. The molecule has 5 aliphatic carbocycles. The van der Waals surface area contributed by atoms with Gasteiger partial charge in [0.05, 0.1) is 29.8 Å². The fourth-order valence-corrected chi connectivity index (χ4v) is 11.0. The predicted molar refractivity (Wildman–Crippen MR) is 137 cm³/mol. The van der Waals surface area contributed by atoms with E-state index in [1.807, 2.05) is 13.8 Å². The monoisotopic (exact) mass is 504 g/mol. The highest BCUT2D eigenvalue weighted by Crippen LogP contribution is 2.76. The fraction of sp³-hybridized carbons (Fsp3) is 0.900. The lowest BCUT2D eigenvalue weighted by Gasteiger charge is -2.72. The first-order chi connectivity index (χ1) is 16.6. The molecule has 5 N–H and O–H groups in total. The molecule has 0 aromatic rings. The number of aliphatic carboxylic acids is 1. The molecular weight excluding hydrogens is 456 g/mol. The lowest BCUT2D eigenvalue weighted by Crippen LogP contribution is -2.69. The van der Waals surface area contributed by atoms with Gasteiger partial charge in [0.1, 0.15) is 0 Å². The molecule has 204 valence electrons. The number of hydrogen-bond donors (Lipinski definition) is 5. The van der Waals surface area contributed by atoms with Crippen molar-refractivity contribution < 1.29 is 30.3 Å². The van der Waals surface area contributed by atoms with Gasteiger partial charge >= 0.3 is 5.97 Å². The Balaban J connectivity index is 1.65. The van der Waals surface area contributed by atoms with Gasteiger partial charge in [0.15, 0.2) is 0 Å². The third-order valence-corrected chi connectivity index (χ3v) is 13.6. The summed E-state index contributed by atoms with van der Waals surface area (Å²) in [5.41, 5.74) is -2.28. The normalized spacial score (nSPS) is 58.6. The minimum atomic E-state index is -1.09. The van der Waals surface area contributed by atoms with Crippen LogP contribution >= 0.6 is 0 Å². The van der Waals surface area contributed by atoms with Crippen LogP contribution in [0.4, 0.5) is 0 Å². The van der Waals surface area contributed by atoms with Crippen molar-refractivity contribution in [2.75, 3.05) is 6.61 Å². The molecule has 5 rings (SSSR count). The van der Waals surface area contributed by atoms with Crippen LogP contribution in [-0.4, -0.2) is 55.9 Å². The van der Waals surface area contributed by atoms with Gasteiger partial charge in [-0.1, -0.05) is 46.3 Å². The summed E-state index contributed by atoms with van der Waals surface area (Å²) in [5.74, 6) is -0.834. The summed E-state index contributed by atoms with van der Waals surface area (Å²) in [7, 11) is 0. The molecule has 4 fully saturated rings. The third-order valence-electron chi connectivity index (χ3n) is 13.6. The first kappa shape index (κ1) is 26.6. The van der Waals surface area contributed by atoms with Crippen LogP contribution in [0.15, 0.2) is 11.6 Å². The molecule has 0 amide bonds. The number of rotatable bonds is 2. The number of carboxylic acid groups (broad SMARTS) is 1. The molecule has 2 unspecified atom stereocenters. The number of hydrogen-bond acceptors (Lipinski definition) is 5. The van der Waals surface area contributed by atoms with Crippen molar-refractivity contribution in [3.05, 3.63) is 11.6 Å². The summed E-state index contributed by atoms with van der Waals surface area (Å²) in [6.45, 7) is 12.6. The number of aliphatic hydroxyl groups is 4. The quantitative estimate of drug-likeness (QED) is 0.361. The number of aliphatic hydroxyl groups excluding tert-OH is 3. The summed E-state index contributed by atoms with van der Waals surface area (Å²) in [4.78, 5) is 12.8. The Morgan fingerprint density at radius 2 is 1.67 bits per heavy atom. The van der Waals surface area contributed by atoms with Gasteiger partial charge in [-0.05, 0) is 92.3 Å². The Labute approximate surface area is 216 Å². The first-order valence-corrected chi connectivity index (χ1v) is 14.2. The van der Waals surface area contributed by atoms with Crippen molar-refractivity contribution in [2.24, 2.45) is 50.7 Å². The maximum Gasteiger partial charge on any atom is 0.310 e. The molecule has 0 aliphatic heterocycles. The summed E-state index contributed by atoms with van der Waals surface area (Å²) in [6, 6.07) is 0. The molecule has 4 saturated carbocycles. The molecule has 5 aliphatic rings. The number of carbonyl (C=O) groups is 1. The van der Waals surface area contributed by atoms with Crippen LogP contribution in [0.2, 0.25) is 0 Å². The van der Waals surface area contributed by atoms with Crippen LogP contribution in [0, 0.1) is 50.7 Å². The standard InChI is InChI=1S/C30H48O6/c1-17-9-12-30(24(34)35)14-13-27(4)18(22(30)29(17,6)36)7-8-21-25(2)15-19(32)23(33)26(3,16-31)20(25)10-11-28(21,27)5/h7,17,19-23,31-33,36H,8-16H2,1-6H3,(H,34,35)/t17-,19-,20?,21?,22-,23+,25+,26-,27-,28-,29-,30+/m1/s1. The van der Waals surface area contributed by atoms with Gasteiger partial charge in [-0.15, -0.1) is 0 Å². The maximum atomic E-state index is 12.8. The maximum absolute atomic E-state index is 12.8. The average Bonchev–Trinajstić information content (AvgIpc) is 2.80. The molecule has 6 heteroatoms. The predicted octanol–water partition coefficient (Wildman–Crippen LogP) is 4.15. The second-order valence-corrected chi connectivity index (χ2v) is 14.7. The number of carboxylic acids is 1. The molecule has 0 spiro atoms. The molecule has 0 aromatic heterocycles. The highest BCUT2D eigenvalue weighted by atomic mass is 16.4. The Bertz CT molecular complexity index is 974. The molecule has 0 saturated heterocycles. The molecule has 0 aromatic carbocycles. The van der Waals surface area contributed by atoms with E-state index in [9.17, 15) is 30.3 Å². The summed E-state index contributed by atoms with van der Waals surface area (Å²) in [5, 5.41) is 54.8. The van der Waals surface area contributed by atoms with E-state index < -0.39 is 40.5 Å². The smallest absolute Gasteiger partial charge is 0.310 e. The largest absolute Gasteiger partial charge is 0.481 e. The molecule has 0 heterocycles. The molecule has 36 heavy (non-hydrogen) atoms. The van der Waals surface area contributed by atoms with Crippen molar-refractivity contribution in [3.8, 4) is 0 Å². The van der Waals surface area contributed by atoms with Crippen molar-refractivity contribution in [1.82, 2.24) is 0 Å². The van der Waals surface area contributed by atoms with E-state index in [0.717, 1.165) is 37.7 Å². The second-order valence-electron chi connectivity index (χ2n) is 14.7. The average molecular weight is 505 g/mol. The SMILES string of the molecule is C[C@@H]1CC[C@]2(C(=O)O)CC[C@]3(C)C(=CCC4[C@@]5(C)C[C@@H](O)[C@H](O)[C@](C)(CO)C5CC[C@]43C)[C@@H]2[C@]1(C)O. The van der Waals surface area contributed by atoms with E-state index in [1.54, 1.807) is 0 Å². The highest BCUT2D eigenvalue weighted by Gasteiger charge is 2.72. The molecule has 12 atom stereocenters. The van der Waals surface area contributed by atoms with Crippen molar-refractivity contribution >= 4 is 5.97 Å². The molecular formula is C30H48O6. The van der Waals surface area contributed by atoms with Crippen LogP contribution in [0.3, 0.4) is 0 Å². The number of fused-ring (bicyclic) bond motifs is 7. The van der Waals surface area contributed by atoms with Crippen LogP contribution in [0.1, 0.15) is 92.9 Å². The van der Waals surface area contributed by atoms with Crippen molar-refractivity contribution in [1.29, 1.82) is 0 Å². The minimum Gasteiger partial charge on any atom is -0.481 e. The Hall–Kier alpha value is -0.950. The van der Waals surface area contributed by atoms with E-state index >= 15 is 0 Å². The number of allylic oxidation sites excluding steroid dienone is 1. The van der Waals surface area contributed by atoms with Gasteiger partial charge in [-0.25, -0.2) is 0 Å². The first-order valence-electron chi connectivity index (χ1n) is 14.2. The van der Waals surface area contributed by atoms with Gasteiger partial charge < -0.3 is 25.5 Å². The van der Waals surface area contributed by atoms with Gasteiger partial charge in [-0.3, -0.25) is 4.79 Å². The van der Waals surface area contributed by atoms with E-state index in [1.165, 1.54) is 0 Å². The van der Waals surface area contributed by atoms with Crippen molar-refractivity contribution in [3.63, 3.8) is 0 Å². The van der Waals surface area contributed by atoms with Gasteiger partial charge in [0.2, 0.25) is 0 Å². The topological polar surface area (TPSA) is 118 Å². The Morgan fingerprint density at radius 1 is 1.00 bits per heavy atom. The van der Waals surface area contributed by atoms with Crippen LogP contribution in [0.25, 0.3) is 0 Å². The van der Waals surface area contributed by atoms with E-state index in [-0.39, 0.29) is 40.6 Å². The van der Waals surface area contributed by atoms with E-state index in [2.05, 4.69) is 33.8 Å². The summed E-state index contributed by atoms with van der Waals surface area (Å²) in [6.07, 6.45) is 6.20. The van der Waals surface area contributed by atoms with Crippen LogP contribution < -0.4 is 0 Å². The van der Waals surface area contributed by atoms with Gasteiger partial charge in [0.25, 0.3) is 0 Å². The van der Waals surface area contributed by atoms with Crippen LogP contribution in [-0.2, 0) is 4.79 Å². The van der Waals surface area contributed by atoms with Crippen LogP contribution in [0.5, 0.6) is 0 Å². The highest BCUT2D eigenvalue weighted by molar-refractivity contribution is 5.77. The Morgan fingerprint density at radius 3 is 2.28 bits per heavy atom. The zero-order chi connectivity index (χ0) is 26.7.